The monoisotopic (exact) mass is 455 g/mol. The van der Waals surface area contributed by atoms with Crippen LogP contribution in [0.4, 0.5) is 18.9 Å². The number of rotatable bonds is 4. The van der Waals surface area contributed by atoms with Crippen molar-refractivity contribution in [2.45, 2.75) is 48.6 Å². The van der Waals surface area contributed by atoms with Crippen molar-refractivity contribution in [2.24, 2.45) is 0 Å². The molecule has 162 valence electrons. The highest BCUT2D eigenvalue weighted by Gasteiger charge is 2.37. The molecule has 0 fully saturated rings. The van der Waals surface area contributed by atoms with E-state index in [0.29, 0.717) is 15.9 Å². The maximum absolute atomic E-state index is 11.2. The van der Waals surface area contributed by atoms with Crippen molar-refractivity contribution in [2.75, 3.05) is 0 Å². The Labute approximate surface area is 168 Å². The van der Waals surface area contributed by atoms with Crippen LogP contribution in [-0.4, -0.2) is 39.0 Å². The fourth-order valence-corrected chi connectivity index (χ4v) is 5.46. The summed E-state index contributed by atoms with van der Waals surface area (Å²) in [5, 5.41) is 23.2. The molecule has 0 radical (unpaired) electrons. The Morgan fingerprint density at radius 2 is 1.52 bits per heavy atom. The molecule has 0 atom stereocenters. The van der Waals surface area contributed by atoms with Gasteiger partial charge < -0.3 is 9.66 Å². The van der Waals surface area contributed by atoms with Crippen molar-refractivity contribution in [1.29, 1.82) is 0 Å². The van der Waals surface area contributed by atoms with Crippen LogP contribution in [0, 0.1) is 10.1 Å². The molecule has 2 aromatic rings. The van der Waals surface area contributed by atoms with E-state index in [-0.39, 0.29) is 27.3 Å². The molecule has 0 aliphatic heterocycles. The lowest BCUT2D eigenvalue weighted by molar-refractivity contribution is -0.383. The van der Waals surface area contributed by atoms with E-state index in [4.69, 9.17) is 13.0 Å². The summed E-state index contributed by atoms with van der Waals surface area (Å²) in [6.07, 6.45) is 0. The summed E-state index contributed by atoms with van der Waals surface area (Å²) in [7, 11) is -6.12. The number of benzene rings is 2. The zero-order valence-corrected chi connectivity index (χ0v) is 17.6. The average Bonchev–Trinajstić information content (AvgIpc) is 2.52. The van der Waals surface area contributed by atoms with Gasteiger partial charge in [-0.15, -0.1) is 0 Å². The molecule has 2 aromatic carbocycles. The Kier molecular flexibility index (Phi) is 7.91. The highest BCUT2D eigenvalue weighted by atomic mass is 32.2. The molecule has 0 aromatic heterocycles. The third-order valence-electron chi connectivity index (χ3n) is 3.69. The number of aromatic hydroxyl groups is 1. The maximum atomic E-state index is 11.2. The number of phenols is 1. The highest BCUT2D eigenvalue weighted by Crippen LogP contribution is 2.36. The fraction of sp³-hybridized carbons (Fsp3) is 0.412. The standard InChI is InChI=1S/C16H19NO3S.CHF3O3S/c1-10(2)21(11(3)4)16-8-7-15(17(19)20)13-6-5-12(18)9-14(13)16;2-1(3,4)8(5,6)7/h5-11H,1-4H3;(H,5,6,7). The maximum Gasteiger partial charge on any atom is 0.485 e. The quantitative estimate of drug-likeness (QED) is 0.241. The summed E-state index contributed by atoms with van der Waals surface area (Å²) in [6.45, 7) is 8.66. The third-order valence-corrected chi connectivity index (χ3v) is 7.15. The number of fused-ring (bicyclic) bond motifs is 1. The van der Waals surface area contributed by atoms with Crippen molar-refractivity contribution in [3.8, 4) is 5.75 Å². The lowest BCUT2D eigenvalue weighted by Gasteiger charge is -2.17. The largest absolute Gasteiger partial charge is 0.741 e. The normalized spacial score (nSPS) is 12.4. The Bertz CT molecular complexity index is 983. The van der Waals surface area contributed by atoms with Gasteiger partial charge in [-0.25, -0.2) is 8.42 Å². The van der Waals surface area contributed by atoms with Gasteiger partial charge in [0.25, 0.3) is 5.69 Å². The molecule has 0 aliphatic carbocycles. The Morgan fingerprint density at radius 1 is 1.03 bits per heavy atom. The van der Waals surface area contributed by atoms with E-state index < -0.39 is 15.6 Å². The molecule has 7 nitrogen and oxygen atoms in total. The number of alkyl halides is 3. The van der Waals surface area contributed by atoms with Crippen LogP contribution in [0.15, 0.2) is 35.2 Å². The fourth-order valence-electron chi connectivity index (χ4n) is 2.71. The number of nitro groups is 1. The molecule has 0 bridgehead atoms. The van der Waals surface area contributed by atoms with Gasteiger partial charge in [0.1, 0.15) is 16.2 Å². The minimum Gasteiger partial charge on any atom is -0.741 e. The van der Waals surface area contributed by atoms with Crippen LogP contribution in [0.2, 0.25) is 0 Å². The number of nitro benzene ring substituents is 1. The van der Waals surface area contributed by atoms with Crippen molar-refractivity contribution in [3.63, 3.8) is 0 Å². The molecule has 0 amide bonds. The molecule has 12 heteroatoms. The van der Waals surface area contributed by atoms with Gasteiger partial charge in [-0.2, -0.15) is 13.2 Å². The Morgan fingerprint density at radius 3 is 1.90 bits per heavy atom. The Balaban J connectivity index is 0.000000447. The second-order valence-corrected chi connectivity index (χ2v) is 10.9. The van der Waals surface area contributed by atoms with Crippen LogP contribution in [0.25, 0.3) is 10.8 Å². The topological polar surface area (TPSA) is 121 Å². The summed E-state index contributed by atoms with van der Waals surface area (Å²) in [6, 6.07) is 8.21. The molecular weight excluding hydrogens is 435 g/mol. The summed E-state index contributed by atoms with van der Waals surface area (Å²) in [5.41, 5.74) is -5.56. The van der Waals surface area contributed by atoms with Gasteiger partial charge in [-0.1, -0.05) is 0 Å². The predicted octanol–water partition coefficient (Wildman–Crippen LogP) is 4.30. The number of non-ortho nitro benzene ring substituents is 1. The number of hydrogen-bond acceptors (Lipinski definition) is 6. The summed E-state index contributed by atoms with van der Waals surface area (Å²) in [5.74, 6) is 0.139. The molecule has 0 heterocycles. The number of hydrogen-bond donors (Lipinski definition) is 1. The van der Waals surface area contributed by atoms with Gasteiger partial charge in [0.05, 0.1) is 10.3 Å². The first-order valence-electron chi connectivity index (χ1n) is 8.22. The first-order chi connectivity index (χ1) is 13.1. The van der Waals surface area contributed by atoms with Gasteiger partial charge in [0.2, 0.25) is 0 Å². The van der Waals surface area contributed by atoms with E-state index in [9.17, 15) is 28.4 Å². The molecule has 0 spiro atoms. The molecule has 0 aliphatic rings. The number of nitrogens with zero attached hydrogens (tertiary/aromatic N) is 1. The second-order valence-electron chi connectivity index (χ2n) is 6.44. The van der Waals surface area contributed by atoms with Crippen LogP contribution >= 0.6 is 0 Å². The molecular formula is C17H20F3NO6S2. The first kappa shape index (κ1) is 25.0. The van der Waals surface area contributed by atoms with Crippen molar-refractivity contribution >= 4 is 37.5 Å². The third kappa shape index (κ3) is 6.21. The molecule has 0 unspecified atom stereocenters. The van der Waals surface area contributed by atoms with E-state index in [1.165, 1.54) is 6.07 Å². The number of halogens is 3. The van der Waals surface area contributed by atoms with E-state index in [0.717, 1.165) is 10.3 Å². The molecule has 0 saturated carbocycles. The van der Waals surface area contributed by atoms with Crippen LogP contribution in [0.1, 0.15) is 27.7 Å². The summed E-state index contributed by atoms with van der Waals surface area (Å²) in [4.78, 5) is 11.9. The smallest absolute Gasteiger partial charge is 0.485 e. The van der Waals surface area contributed by atoms with E-state index in [1.54, 1.807) is 18.2 Å². The second kappa shape index (κ2) is 9.18. The van der Waals surface area contributed by atoms with Crippen LogP contribution < -0.4 is 0 Å². The van der Waals surface area contributed by atoms with Crippen LogP contribution in [0.5, 0.6) is 5.75 Å². The minimum absolute atomic E-state index is 0.0293. The number of phenolic OH excluding ortho intramolecular Hbond substituents is 1. The SMILES string of the molecule is CC(C)[S+](c1ccc([N+](=O)[O-])c2ccc(O)cc12)C(C)C.O=S(=O)([O-])C(F)(F)F. The summed E-state index contributed by atoms with van der Waals surface area (Å²) >= 11 is 0. The van der Waals surface area contributed by atoms with Crippen molar-refractivity contribution in [1.82, 2.24) is 0 Å². The predicted molar refractivity (Wildman–Crippen MR) is 104 cm³/mol. The molecule has 1 N–H and O–H groups in total. The van der Waals surface area contributed by atoms with E-state index in [2.05, 4.69) is 27.7 Å². The minimum atomic E-state index is -6.09. The first-order valence-corrected chi connectivity index (χ1v) is 11.0. The van der Waals surface area contributed by atoms with Gasteiger partial charge in [0.15, 0.2) is 15.0 Å². The van der Waals surface area contributed by atoms with Gasteiger partial charge in [0, 0.05) is 28.4 Å². The van der Waals surface area contributed by atoms with Gasteiger partial charge in [-0.05, 0) is 45.9 Å². The van der Waals surface area contributed by atoms with Gasteiger partial charge >= 0.3 is 5.51 Å². The molecule has 29 heavy (non-hydrogen) atoms. The molecule has 0 saturated heterocycles. The highest BCUT2D eigenvalue weighted by molar-refractivity contribution is 7.98. The average molecular weight is 455 g/mol. The van der Waals surface area contributed by atoms with Gasteiger partial charge in [-0.3, -0.25) is 10.1 Å². The summed E-state index contributed by atoms with van der Waals surface area (Å²) < 4.78 is 58.9. The van der Waals surface area contributed by atoms with E-state index >= 15 is 0 Å². The van der Waals surface area contributed by atoms with Crippen LogP contribution in [-0.2, 0) is 21.0 Å². The van der Waals surface area contributed by atoms with Crippen molar-refractivity contribution < 1.29 is 36.2 Å². The zero-order chi connectivity index (χ0) is 22.7. The Hall–Kier alpha value is -2.05. The lowest BCUT2D eigenvalue weighted by Crippen LogP contribution is -2.24. The molecule has 2 rings (SSSR count). The van der Waals surface area contributed by atoms with Crippen molar-refractivity contribution in [3.05, 3.63) is 40.4 Å². The van der Waals surface area contributed by atoms with Crippen LogP contribution in [0.3, 0.4) is 0 Å². The van der Waals surface area contributed by atoms with E-state index in [1.807, 2.05) is 6.07 Å². The lowest BCUT2D eigenvalue weighted by atomic mass is 10.1. The zero-order valence-electron chi connectivity index (χ0n) is 15.9.